The maximum absolute atomic E-state index is 12.6. The lowest BCUT2D eigenvalue weighted by atomic mass is 9.86. The van der Waals surface area contributed by atoms with Gasteiger partial charge in [0, 0.05) is 25.7 Å². The number of nitrogens with two attached hydrogens (primary N) is 1. The molecule has 1 amide bonds. The molecule has 2 unspecified atom stereocenters. The highest BCUT2D eigenvalue weighted by molar-refractivity contribution is 5.78. The molecular weight excluding hydrogens is 262 g/mol. The predicted octanol–water partition coefficient (Wildman–Crippen LogP) is 2.08. The zero-order chi connectivity index (χ0) is 15.4. The minimum absolute atomic E-state index is 0.280. The third kappa shape index (κ3) is 4.43. The minimum Gasteiger partial charge on any atom is -0.342 e. The van der Waals surface area contributed by atoms with Crippen LogP contribution in [0.1, 0.15) is 52.4 Å². The summed E-state index contributed by atoms with van der Waals surface area (Å²) in [5, 5.41) is 0. The van der Waals surface area contributed by atoms with Crippen molar-refractivity contribution in [3.05, 3.63) is 0 Å². The van der Waals surface area contributed by atoms with Crippen molar-refractivity contribution >= 4 is 5.91 Å². The summed E-state index contributed by atoms with van der Waals surface area (Å²) in [6, 6.07) is 0.839. The number of likely N-dealkylation sites (N-methyl/N-ethyl adjacent to an activating group) is 1. The number of nitrogens with zero attached hydrogens (tertiary/aromatic N) is 2. The number of likely N-dealkylation sites (tertiary alicyclic amines) is 1. The van der Waals surface area contributed by atoms with Crippen molar-refractivity contribution in [1.29, 1.82) is 0 Å². The summed E-state index contributed by atoms with van der Waals surface area (Å²) in [5.74, 6) is 1.85. The zero-order valence-corrected chi connectivity index (χ0v) is 14.1. The van der Waals surface area contributed by atoms with Crippen LogP contribution in [0.5, 0.6) is 0 Å². The van der Waals surface area contributed by atoms with Gasteiger partial charge in [-0.05, 0) is 56.9 Å². The van der Waals surface area contributed by atoms with Gasteiger partial charge in [0.25, 0.3) is 0 Å². The van der Waals surface area contributed by atoms with E-state index in [0.29, 0.717) is 25.2 Å². The Balaban J connectivity index is 1.85. The van der Waals surface area contributed by atoms with Crippen molar-refractivity contribution in [3.8, 4) is 0 Å². The molecule has 1 aliphatic carbocycles. The zero-order valence-electron chi connectivity index (χ0n) is 14.1. The van der Waals surface area contributed by atoms with Gasteiger partial charge in [-0.25, -0.2) is 0 Å². The molecule has 122 valence electrons. The lowest BCUT2D eigenvalue weighted by Gasteiger charge is -2.39. The van der Waals surface area contributed by atoms with Gasteiger partial charge in [-0.3, -0.25) is 9.69 Å². The Morgan fingerprint density at radius 3 is 2.43 bits per heavy atom. The molecule has 0 aromatic carbocycles. The summed E-state index contributed by atoms with van der Waals surface area (Å²) in [6.45, 7) is 6.85. The van der Waals surface area contributed by atoms with Crippen molar-refractivity contribution in [1.82, 2.24) is 9.80 Å². The summed E-state index contributed by atoms with van der Waals surface area (Å²) in [7, 11) is 1.99. The van der Waals surface area contributed by atoms with Crippen molar-refractivity contribution in [3.63, 3.8) is 0 Å². The molecule has 0 spiro atoms. The van der Waals surface area contributed by atoms with E-state index in [0.717, 1.165) is 24.8 Å². The van der Waals surface area contributed by atoms with Gasteiger partial charge < -0.3 is 10.6 Å². The van der Waals surface area contributed by atoms with Crippen LogP contribution < -0.4 is 5.73 Å². The molecule has 21 heavy (non-hydrogen) atoms. The van der Waals surface area contributed by atoms with E-state index in [1.165, 1.54) is 32.1 Å². The summed E-state index contributed by atoms with van der Waals surface area (Å²) in [5.41, 5.74) is 5.90. The second kappa shape index (κ2) is 7.59. The fourth-order valence-corrected chi connectivity index (χ4v) is 3.87. The highest BCUT2D eigenvalue weighted by atomic mass is 16.2. The average Bonchev–Trinajstić information content (AvgIpc) is 2.49. The van der Waals surface area contributed by atoms with Gasteiger partial charge in [-0.15, -0.1) is 0 Å². The van der Waals surface area contributed by atoms with Gasteiger partial charge in [0.2, 0.25) is 5.91 Å². The second-order valence-electron chi connectivity index (χ2n) is 7.41. The van der Waals surface area contributed by atoms with E-state index in [1.54, 1.807) is 0 Å². The molecule has 0 aromatic rings. The number of carbonyl (C=O) groups excluding carboxylic acids is 1. The third-order valence-corrected chi connectivity index (χ3v) is 5.64. The largest absolute Gasteiger partial charge is 0.342 e. The lowest BCUT2D eigenvalue weighted by molar-refractivity contribution is -0.135. The highest BCUT2D eigenvalue weighted by Gasteiger charge is 2.30. The van der Waals surface area contributed by atoms with Crippen LogP contribution in [-0.4, -0.2) is 54.5 Å². The number of carbonyl (C=O) groups is 1. The minimum atomic E-state index is 0.280. The molecule has 1 heterocycles. The molecule has 2 rings (SSSR count). The first kappa shape index (κ1) is 16.8. The van der Waals surface area contributed by atoms with Crippen LogP contribution in [-0.2, 0) is 4.79 Å². The molecule has 1 aliphatic heterocycles. The van der Waals surface area contributed by atoms with Crippen molar-refractivity contribution in [2.24, 2.45) is 17.6 Å². The van der Waals surface area contributed by atoms with E-state index in [4.69, 9.17) is 5.73 Å². The second-order valence-corrected chi connectivity index (χ2v) is 7.41. The normalized spacial score (nSPS) is 34.7. The van der Waals surface area contributed by atoms with Crippen LogP contribution in [0.4, 0.5) is 0 Å². The first-order chi connectivity index (χ1) is 10.0. The van der Waals surface area contributed by atoms with Gasteiger partial charge in [-0.1, -0.05) is 13.8 Å². The monoisotopic (exact) mass is 295 g/mol. The van der Waals surface area contributed by atoms with Gasteiger partial charge in [0.1, 0.15) is 0 Å². The fourth-order valence-electron chi connectivity index (χ4n) is 3.87. The Bertz CT molecular complexity index is 339. The number of hydrogen-bond acceptors (Lipinski definition) is 3. The van der Waals surface area contributed by atoms with Gasteiger partial charge >= 0.3 is 0 Å². The maximum atomic E-state index is 12.6. The van der Waals surface area contributed by atoms with Crippen molar-refractivity contribution < 1.29 is 4.79 Å². The van der Waals surface area contributed by atoms with E-state index in [1.807, 2.05) is 11.9 Å². The predicted molar refractivity (Wildman–Crippen MR) is 87.0 cm³/mol. The Kier molecular flexibility index (Phi) is 6.06. The standard InChI is InChI=1S/C17H33N3O/c1-13-4-6-15(7-5-13)19(3)17(21)12-20-9-8-14(2)10-16(20)11-18/h13-16H,4-12,18H2,1-3H3. The highest BCUT2D eigenvalue weighted by Crippen LogP contribution is 2.27. The van der Waals surface area contributed by atoms with E-state index in [-0.39, 0.29) is 5.91 Å². The number of amides is 1. The molecule has 1 saturated carbocycles. The third-order valence-electron chi connectivity index (χ3n) is 5.64. The first-order valence-corrected chi connectivity index (χ1v) is 8.71. The van der Waals surface area contributed by atoms with Crippen LogP contribution in [0.25, 0.3) is 0 Å². The number of hydrogen-bond donors (Lipinski definition) is 1. The Morgan fingerprint density at radius 1 is 1.14 bits per heavy atom. The molecule has 0 bridgehead atoms. The summed E-state index contributed by atoms with van der Waals surface area (Å²) < 4.78 is 0. The van der Waals surface area contributed by atoms with E-state index in [9.17, 15) is 4.79 Å². The summed E-state index contributed by atoms with van der Waals surface area (Å²) >= 11 is 0. The number of rotatable bonds is 4. The summed E-state index contributed by atoms with van der Waals surface area (Å²) in [4.78, 5) is 16.9. The van der Waals surface area contributed by atoms with E-state index < -0.39 is 0 Å². The Labute approximate surface area is 130 Å². The maximum Gasteiger partial charge on any atom is 0.236 e. The smallest absolute Gasteiger partial charge is 0.236 e. The fraction of sp³-hybridized carbons (Fsp3) is 0.941. The van der Waals surface area contributed by atoms with Gasteiger partial charge in [0.05, 0.1) is 6.54 Å². The van der Waals surface area contributed by atoms with Crippen LogP contribution in [0.3, 0.4) is 0 Å². The van der Waals surface area contributed by atoms with Crippen molar-refractivity contribution in [2.75, 3.05) is 26.7 Å². The van der Waals surface area contributed by atoms with Gasteiger partial charge in [0.15, 0.2) is 0 Å². The topological polar surface area (TPSA) is 49.6 Å². The molecule has 4 nitrogen and oxygen atoms in total. The SMILES string of the molecule is CC1CCC(N(C)C(=O)CN2CCC(C)CC2CN)CC1. The van der Waals surface area contributed by atoms with Crippen LogP contribution in [0, 0.1) is 11.8 Å². The average molecular weight is 295 g/mol. The molecule has 2 fully saturated rings. The van der Waals surface area contributed by atoms with Crippen LogP contribution >= 0.6 is 0 Å². The lowest BCUT2D eigenvalue weighted by Crippen LogP contribution is -2.51. The quantitative estimate of drug-likeness (QED) is 0.864. The molecule has 2 aliphatic rings. The van der Waals surface area contributed by atoms with Crippen LogP contribution in [0.2, 0.25) is 0 Å². The molecule has 2 N–H and O–H groups in total. The molecular formula is C17H33N3O. The first-order valence-electron chi connectivity index (χ1n) is 8.71. The molecule has 1 saturated heterocycles. The molecule has 0 radical (unpaired) electrons. The summed E-state index contributed by atoms with van der Waals surface area (Å²) in [6.07, 6.45) is 7.17. The Hall–Kier alpha value is -0.610. The molecule has 0 aromatic heterocycles. The van der Waals surface area contributed by atoms with Crippen molar-refractivity contribution in [2.45, 2.75) is 64.5 Å². The van der Waals surface area contributed by atoms with Gasteiger partial charge in [-0.2, -0.15) is 0 Å². The Morgan fingerprint density at radius 2 is 1.81 bits per heavy atom. The van der Waals surface area contributed by atoms with Crippen LogP contribution in [0.15, 0.2) is 0 Å². The van der Waals surface area contributed by atoms with E-state index in [2.05, 4.69) is 18.7 Å². The number of piperidine rings is 1. The van der Waals surface area contributed by atoms with E-state index >= 15 is 0 Å². The molecule has 2 atom stereocenters. The molecule has 4 heteroatoms.